The van der Waals surface area contributed by atoms with Crippen molar-refractivity contribution in [2.75, 3.05) is 20.5 Å². The van der Waals surface area contributed by atoms with E-state index in [0.717, 1.165) is 11.1 Å². The van der Waals surface area contributed by atoms with Crippen molar-refractivity contribution in [1.82, 2.24) is 0 Å². The van der Waals surface area contributed by atoms with E-state index in [1.54, 1.807) is 0 Å². The van der Waals surface area contributed by atoms with Crippen LogP contribution in [-0.4, -0.2) is 56.3 Å². The van der Waals surface area contributed by atoms with Gasteiger partial charge in [-0.15, -0.1) is 0 Å². The Hall–Kier alpha value is -1.84. The van der Waals surface area contributed by atoms with Crippen LogP contribution in [0.2, 0.25) is 0 Å². The van der Waals surface area contributed by atoms with Gasteiger partial charge in [-0.1, -0.05) is 60.7 Å². The van der Waals surface area contributed by atoms with Crippen LogP contribution in [0.1, 0.15) is 17.4 Å². The van der Waals surface area contributed by atoms with Crippen LogP contribution in [0.3, 0.4) is 0 Å². The summed E-state index contributed by atoms with van der Waals surface area (Å²) in [4.78, 5) is 0. The molecule has 7 nitrogen and oxygen atoms in total. The molecule has 0 saturated carbocycles. The maximum Gasteiger partial charge on any atom is 0.186 e. The zero-order valence-electron chi connectivity index (χ0n) is 16.3. The van der Waals surface area contributed by atoms with Crippen LogP contribution in [0, 0.1) is 0 Å². The molecule has 156 valence electrons. The van der Waals surface area contributed by atoms with Crippen LogP contribution in [0.4, 0.5) is 0 Å². The Kier molecular flexibility index (Phi) is 6.89. The number of aliphatic hydroxyl groups excluding tert-OH is 1. The Bertz CT molecular complexity index is 741. The van der Waals surface area contributed by atoms with Gasteiger partial charge in [0.25, 0.3) is 0 Å². The molecule has 0 spiro atoms. The van der Waals surface area contributed by atoms with E-state index < -0.39 is 37.0 Å². The highest BCUT2D eigenvalue weighted by atomic mass is 16.8. The fourth-order valence-electron chi connectivity index (χ4n) is 3.57. The summed E-state index contributed by atoms with van der Waals surface area (Å²) in [6.45, 7) is 0.697. The minimum atomic E-state index is -0.950. The van der Waals surface area contributed by atoms with E-state index in [1.807, 2.05) is 60.7 Å². The summed E-state index contributed by atoms with van der Waals surface area (Å²) in [6.07, 6.45) is -4.04. The van der Waals surface area contributed by atoms with E-state index in [4.69, 9.17) is 28.4 Å². The van der Waals surface area contributed by atoms with Gasteiger partial charge in [-0.3, -0.25) is 0 Å². The lowest BCUT2D eigenvalue weighted by Gasteiger charge is -2.47. The standard InChI is InChI=1S/C22H26O7/c1-24-22-20(27-14-25-12-15-8-4-2-5-9-15)18(23)19-17(28-22)13-26-21(29-19)16-10-6-3-7-11-16/h2-11,17-23H,12-14H2,1H3/t17-,18-,19+,20+,21+,22+/m1/s1. The van der Waals surface area contributed by atoms with Gasteiger partial charge in [0, 0.05) is 12.7 Å². The molecule has 4 rings (SSSR count). The average molecular weight is 402 g/mol. The van der Waals surface area contributed by atoms with Crippen molar-refractivity contribution < 1.29 is 33.5 Å². The molecule has 0 amide bonds. The Balaban J connectivity index is 1.36. The summed E-state index contributed by atoms with van der Waals surface area (Å²) in [6, 6.07) is 19.4. The molecule has 2 aromatic carbocycles. The summed E-state index contributed by atoms with van der Waals surface area (Å²) in [7, 11) is 1.51. The second-order valence-electron chi connectivity index (χ2n) is 7.03. The zero-order chi connectivity index (χ0) is 20.1. The molecule has 7 heteroatoms. The summed E-state index contributed by atoms with van der Waals surface area (Å²) >= 11 is 0. The number of rotatable bonds is 7. The van der Waals surface area contributed by atoms with E-state index in [-0.39, 0.29) is 6.79 Å². The fraction of sp³-hybridized carbons (Fsp3) is 0.455. The predicted octanol–water partition coefficient (Wildman–Crippen LogP) is 2.39. The van der Waals surface area contributed by atoms with Crippen molar-refractivity contribution in [2.24, 2.45) is 0 Å². The van der Waals surface area contributed by atoms with Gasteiger partial charge in [0.1, 0.15) is 31.2 Å². The van der Waals surface area contributed by atoms with Crippen LogP contribution in [0.25, 0.3) is 0 Å². The zero-order valence-corrected chi connectivity index (χ0v) is 16.3. The minimum Gasteiger partial charge on any atom is -0.387 e. The van der Waals surface area contributed by atoms with Gasteiger partial charge in [-0.2, -0.15) is 0 Å². The van der Waals surface area contributed by atoms with Gasteiger partial charge in [0.2, 0.25) is 0 Å². The van der Waals surface area contributed by atoms with E-state index in [9.17, 15) is 5.11 Å². The first kappa shape index (κ1) is 20.4. The molecule has 0 aliphatic carbocycles. The topological polar surface area (TPSA) is 75.6 Å². The Morgan fingerprint density at radius 1 is 1.00 bits per heavy atom. The maximum absolute atomic E-state index is 10.9. The minimum absolute atomic E-state index is 0.00413. The summed E-state index contributed by atoms with van der Waals surface area (Å²) in [5.74, 6) is 0. The van der Waals surface area contributed by atoms with Crippen molar-refractivity contribution in [2.45, 2.75) is 43.6 Å². The molecule has 2 aromatic rings. The monoisotopic (exact) mass is 402 g/mol. The second kappa shape index (κ2) is 9.77. The molecule has 0 radical (unpaired) electrons. The van der Waals surface area contributed by atoms with E-state index in [1.165, 1.54) is 7.11 Å². The first-order valence-electron chi connectivity index (χ1n) is 9.68. The molecular formula is C22H26O7. The van der Waals surface area contributed by atoms with Crippen LogP contribution in [0.15, 0.2) is 60.7 Å². The number of hydrogen-bond donors (Lipinski definition) is 1. The van der Waals surface area contributed by atoms with Crippen molar-refractivity contribution in [3.05, 3.63) is 71.8 Å². The molecule has 29 heavy (non-hydrogen) atoms. The first-order chi connectivity index (χ1) is 14.3. The molecular weight excluding hydrogens is 376 g/mol. The smallest absolute Gasteiger partial charge is 0.186 e. The number of benzene rings is 2. The Labute approximate surface area is 170 Å². The normalized spacial score (nSPS) is 31.9. The van der Waals surface area contributed by atoms with Gasteiger partial charge in [-0.05, 0) is 5.56 Å². The molecule has 2 fully saturated rings. The van der Waals surface area contributed by atoms with E-state index in [0.29, 0.717) is 13.2 Å². The van der Waals surface area contributed by atoms with Gasteiger partial charge in [0.05, 0.1) is 13.2 Å². The number of fused-ring (bicyclic) bond motifs is 1. The molecule has 2 aliphatic rings. The third-order valence-electron chi connectivity index (χ3n) is 5.07. The van der Waals surface area contributed by atoms with Crippen LogP contribution in [0.5, 0.6) is 0 Å². The predicted molar refractivity (Wildman–Crippen MR) is 103 cm³/mol. The molecule has 2 aliphatic heterocycles. The van der Waals surface area contributed by atoms with Crippen molar-refractivity contribution in [1.29, 1.82) is 0 Å². The van der Waals surface area contributed by atoms with Crippen molar-refractivity contribution in [3.63, 3.8) is 0 Å². The lowest BCUT2D eigenvalue weighted by atomic mass is 9.97. The highest BCUT2D eigenvalue weighted by Gasteiger charge is 2.50. The third kappa shape index (κ3) is 4.84. The number of ether oxygens (including phenoxy) is 6. The first-order valence-corrected chi connectivity index (χ1v) is 9.68. The number of methoxy groups -OCH3 is 1. The van der Waals surface area contributed by atoms with Crippen LogP contribution >= 0.6 is 0 Å². The molecule has 0 unspecified atom stereocenters. The SMILES string of the molecule is CO[C@H]1O[C@@H]2CO[C@H](c3ccccc3)O[C@@H]2[C@@H](O)[C@@H]1OCOCc1ccccc1. The molecule has 2 saturated heterocycles. The third-order valence-corrected chi connectivity index (χ3v) is 5.07. The maximum atomic E-state index is 10.9. The van der Waals surface area contributed by atoms with Gasteiger partial charge in [0.15, 0.2) is 12.6 Å². The Morgan fingerprint density at radius 3 is 2.45 bits per heavy atom. The fourth-order valence-corrected chi connectivity index (χ4v) is 3.57. The van der Waals surface area contributed by atoms with Gasteiger partial charge in [-0.25, -0.2) is 0 Å². The highest BCUT2D eigenvalue weighted by molar-refractivity contribution is 5.17. The molecule has 2 heterocycles. The quantitative estimate of drug-likeness (QED) is 0.563. The van der Waals surface area contributed by atoms with Gasteiger partial charge >= 0.3 is 0 Å². The largest absolute Gasteiger partial charge is 0.387 e. The van der Waals surface area contributed by atoms with E-state index >= 15 is 0 Å². The Morgan fingerprint density at radius 2 is 1.72 bits per heavy atom. The van der Waals surface area contributed by atoms with Crippen molar-refractivity contribution >= 4 is 0 Å². The molecule has 0 aromatic heterocycles. The lowest BCUT2D eigenvalue weighted by molar-refractivity contribution is -0.367. The van der Waals surface area contributed by atoms with Crippen molar-refractivity contribution in [3.8, 4) is 0 Å². The number of hydrogen-bond acceptors (Lipinski definition) is 7. The lowest BCUT2D eigenvalue weighted by Crippen LogP contribution is -2.62. The van der Waals surface area contributed by atoms with Gasteiger partial charge < -0.3 is 33.5 Å². The molecule has 6 atom stereocenters. The molecule has 1 N–H and O–H groups in total. The summed E-state index contributed by atoms with van der Waals surface area (Å²) in [5, 5.41) is 10.9. The highest BCUT2D eigenvalue weighted by Crippen LogP contribution is 2.35. The second-order valence-corrected chi connectivity index (χ2v) is 7.03. The van der Waals surface area contributed by atoms with Crippen LogP contribution < -0.4 is 0 Å². The van der Waals surface area contributed by atoms with Crippen LogP contribution in [-0.2, 0) is 35.0 Å². The number of aliphatic hydroxyl groups is 1. The summed E-state index contributed by atoms with van der Waals surface area (Å²) < 4.78 is 34.4. The van der Waals surface area contributed by atoms with E-state index in [2.05, 4.69) is 0 Å². The average Bonchev–Trinajstić information content (AvgIpc) is 2.78. The summed E-state index contributed by atoms with van der Waals surface area (Å²) in [5.41, 5.74) is 1.93. The molecule has 0 bridgehead atoms.